The highest BCUT2D eigenvalue weighted by molar-refractivity contribution is 5.96. The molecule has 0 aliphatic heterocycles. The summed E-state index contributed by atoms with van der Waals surface area (Å²) in [4.78, 5) is 12.2. The summed E-state index contributed by atoms with van der Waals surface area (Å²) < 4.78 is 0. The molecule has 0 aromatic heterocycles. The number of rotatable bonds is 3. The first-order chi connectivity index (χ1) is 9.09. The summed E-state index contributed by atoms with van der Waals surface area (Å²) in [6.07, 6.45) is 0. The van der Waals surface area contributed by atoms with Crippen LogP contribution in [-0.4, -0.2) is 5.91 Å². The molecule has 0 bridgehead atoms. The van der Waals surface area contributed by atoms with E-state index in [2.05, 4.69) is 5.32 Å². The molecule has 0 aliphatic rings. The van der Waals surface area contributed by atoms with E-state index in [1.807, 2.05) is 62.4 Å². The first-order valence-corrected chi connectivity index (χ1v) is 6.27. The molecule has 0 saturated heterocycles. The number of carbonyl (C=O) groups is 1. The summed E-state index contributed by atoms with van der Waals surface area (Å²) >= 11 is 0. The molecule has 0 fully saturated rings. The molecule has 0 spiro atoms. The van der Waals surface area contributed by atoms with Crippen LogP contribution < -0.4 is 11.1 Å². The quantitative estimate of drug-likeness (QED) is 0.910. The van der Waals surface area contributed by atoms with Crippen LogP contribution in [0.25, 0.3) is 0 Å². The highest BCUT2D eigenvalue weighted by atomic mass is 35.5. The van der Waals surface area contributed by atoms with Crippen LogP contribution in [0.1, 0.15) is 22.7 Å². The molecule has 4 heteroatoms. The molecule has 3 N–H and O–H groups in total. The fraction of sp³-hybridized carbons (Fsp3) is 0.188. The lowest BCUT2D eigenvalue weighted by molar-refractivity contribution is -0.117. The number of hydrogen-bond donors (Lipinski definition) is 2. The Morgan fingerprint density at radius 2 is 1.55 bits per heavy atom. The molecule has 1 unspecified atom stereocenters. The fourth-order valence-electron chi connectivity index (χ4n) is 2.02. The molecule has 1 amide bonds. The summed E-state index contributed by atoms with van der Waals surface area (Å²) in [6, 6.07) is 14.6. The number of anilines is 1. The summed E-state index contributed by atoms with van der Waals surface area (Å²) in [5.41, 5.74) is 9.70. The number of benzene rings is 2. The van der Waals surface area contributed by atoms with Crippen LogP contribution in [-0.2, 0) is 4.79 Å². The number of para-hydroxylation sites is 1. The van der Waals surface area contributed by atoms with Crippen molar-refractivity contribution in [1.82, 2.24) is 0 Å². The highest BCUT2D eigenvalue weighted by Crippen LogP contribution is 2.21. The van der Waals surface area contributed by atoms with E-state index >= 15 is 0 Å². The number of nitrogens with two attached hydrogens (primary N) is 1. The lowest BCUT2D eigenvalue weighted by Crippen LogP contribution is -2.28. The molecule has 0 saturated carbocycles. The van der Waals surface area contributed by atoms with Crippen molar-refractivity contribution < 1.29 is 4.79 Å². The third kappa shape index (κ3) is 3.59. The molecule has 1 atom stereocenters. The van der Waals surface area contributed by atoms with Gasteiger partial charge in [0.05, 0.1) is 0 Å². The Balaban J connectivity index is 0.00000200. The Kier molecular flexibility index (Phi) is 5.74. The topological polar surface area (TPSA) is 55.1 Å². The fourth-order valence-corrected chi connectivity index (χ4v) is 2.02. The average Bonchev–Trinajstić information content (AvgIpc) is 2.43. The van der Waals surface area contributed by atoms with Gasteiger partial charge in [-0.15, -0.1) is 12.4 Å². The Labute approximate surface area is 125 Å². The Morgan fingerprint density at radius 3 is 2.10 bits per heavy atom. The lowest BCUT2D eigenvalue weighted by Gasteiger charge is -2.15. The van der Waals surface area contributed by atoms with Gasteiger partial charge in [-0.2, -0.15) is 0 Å². The number of hydrogen-bond acceptors (Lipinski definition) is 2. The monoisotopic (exact) mass is 290 g/mol. The molecule has 3 nitrogen and oxygen atoms in total. The number of carbonyl (C=O) groups excluding carboxylic acids is 1. The average molecular weight is 291 g/mol. The molecule has 2 aromatic rings. The zero-order chi connectivity index (χ0) is 13.8. The predicted molar refractivity (Wildman–Crippen MR) is 85.2 cm³/mol. The predicted octanol–water partition coefficient (Wildman–Crippen LogP) is 3.36. The van der Waals surface area contributed by atoms with Gasteiger partial charge in [0.25, 0.3) is 0 Å². The maximum absolute atomic E-state index is 12.2. The van der Waals surface area contributed by atoms with Gasteiger partial charge in [0.2, 0.25) is 5.91 Å². The molecule has 0 heterocycles. The minimum absolute atomic E-state index is 0. The molecule has 2 rings (SSSR count). The largest absolute Gasteiger partial charge is 0.324 e. The van der Waals surface area contributed by atoms with E-state index in [1.165, 1.54) is 0 Å². The number of nitrogens with one attached hydrogen (secondary N) is 1. The first kappa shape index (κ1) is 16.2. The third-order valence-corrected chi connectivity index (χ3v) is 3.17. The molecule has 20 heavy (non-hydrogen) atoms. The van der Waals surface area contributed by atoms with Crippen LogP contribution in [0.3, 0.4) is 0 Å². The summed E-state index contributed by atoms with van der Waals surface area (Å²) in [7, 11) is 0. The van der Waals surface area contributed by atoms with E-state index in [9.17, 15) is 4.79 Å². The van der Waals surface area contributed by atoms with Gasteiger partial charge in [-0.3, -0.25) is 4.79 Å². The van der Waals surface area contributed by atoms with Crippen LogP contribution in [0.4, 0.5) is 5.69 Å². The van der Waals surface area contributed by atoms with Crippen molar-refractivity contribution in [2.24, 2.45) is 5.73 Å². The van der Waals surface area contributed by atoms with Crippen molar-refractivity contribution in [3.05, 3.63) is 65.2 Å². The van der Waals surface area contributed by atoms with Crippen molar-refractivity contribution in [3.63, 3.8) is 0 Å². The lowest BCUT2D eigenvalue weighted by atomic mass is 10.1. The van der Waals surface area contributed by atoms with Gasteiger partial charge in [0, 0.05) is 5.69 Å². The smallest absolute Gasteiger partial charge is 0.245 e. The van der Waals surface area contributed by atoms with Gasteiger partial charge in [-0.05, 0) is 30.5 Å². The molecule has 0 radical (unpaired) electrons. The van der Waals surface area contributed by atoms with Gasteiger partial charge in [-0.25, -0.2) is 0 Å². The molecular formula is C16H19ClN2O. The van der Waals surface area contributed by atoms with Gasteiger partial charge in [-0.1, -0.05) is 48.5 Å². The molecular weight excluding hydrogens is 272 g/mol. The minimum atomic E-state index is -0.653. The number of amides is 1. The van der Waals surface area contributed by atoms with Gasteiger partial charge < -0.3 is 11.1 Å². The second-order valence-electron chi connectivity index (χ2n) is 4.64. The summed E-state index contributed by atoms with van der Waals surface area (Å²) in [5, 5.41) is 2.91. The zero-order valence-electron chi connectivity index (χ0n) is 11.6. The van der Waals surface area contributed by atoms with E-state index in [-0.39, 0.29) is 18.3 Å². The van der Waals surface area contributed by atoms with Crippen LogP contribution in [0.2, 0.25) is 0 Å². The SMILES string of the molecule is Cc1cccc(C)c1NC(=O)C(N)c1ccccc1.Cl. The Bertz CT molecular complexity index is 564. The number of aryl methyl sites for hydroxylation is 2. The third-order valence-electron chi connectivity index (χ3n) is 3.17. The van der Waals surface area contributed by atoms with Crippen LogP contribution in [0.15, 0.2) is 48.5 Å². The highest BCUT2D eigenvalue weighted by Gasteiger charge is 2.16. The second kappa shape index (κ2) is 7.08. The molecule has 0 aliphatic carbocycles. The van der Waals surface area contributed by atoms with Crippen molar-refractivity contribution in [3.8, 4) is 0 Å². The van der Waals surface area contributed by atoms with E-state index in [0.717, 1.165) is 22.4 Å². The van der Waals surface area contributed by atoms with Crippen LogP contribution in [0, 0.1) is 13.8 Å². The van der Waals surface area contributed by atoms with Crippen molar-refractivity contribution in [2.75, 3.05) is 5.32 Å². The van der Waals surface area contributed by atoms with Gasteiger partial charge in [0.15, 0.2) is 0 Å². The zero-order valence-corrected chi connectivity index (χ0v) is 12.4. The maximum Gasteiger partial charge on any atom is 0.245 e. The summed E-state index contributed by atoms with van der Waals surface area (Å²) in [5.74, 6) is -0.191. The van der Waals surface area contributed by atoms with E-state index in [1.54, 1.807) is 0 Å². The van der Waals surface area contributed by atoms with Gasteiger partial charge in [0.1, 0.15) is 6.04 Å². The first-order valence-electron chi connectivity index (χ1n) is 6.27. The van der Waals surface area contributed by atoms with Crippen molar-refractivity contribution in [2.45, 2.75) is 19.9 Å². The van der Waals surface area contributed by atoms with Crippen molar-refractivity contribution in [1.29, 1.82) is 0 Å². The Morgan fingerprint density at radius 1 is 1.00 bits per heavy atom. The van der Waals surface area contributed by atoms with E-state index in [4.69, 9.17) is 5.73 Å². The minimum Gasteiger partial charge on any atom is -0.324 e. The normalized spacial score (nSPS) is 11.3. The molecule has 106 valence electrons. The maximum atomic E-state index is 12.2. The molecule has 2 aromatic carbocycles. The standard InChI is InChI=1S/C16H18N2O.ClH/c1-11-7-6-8-12(2)15(11)18-16(19)14(17)13-9-4-3-5-10-13;/h3-10,14H,17H2,1-2H3,(H,18,19);1H. The van der Waals surface area contributed by atoms with Crippen molar-refractivity contribution >= 4 is 24.0 Å². The van der Waals surface area contributed by atoms with E-state index < -0.39 is 6.04 Å². The Hall–Kier alpha value is -1.84. The van der Waals surface area contributed by atoms with Gasteiger partial charge >= 0.3 is 0 Å². The van der Waals surface area contributed by atoms with E-state index in [0.29, 0.717) is 0 Å². The summed E-state index contributed by atoms with van der Waals surface area (Å²) in [6.45, 7) is 3.94. The number of halogens is 1. The van der Waals surface area contributed by atoms with Crippen LogP contribution >= 0.6 is 12.4 Å². The van der Waals surface area contributed by atoms with Crippen LogP contribution in [0.5, 0.6) is 0 Å². The second-order valence-corrected chi connectivity index (χ2v) is 4.64.